The largest absolute Gasteiger partial charge is 0.352 e. The van der Waals surface area contributed by atoms with Gasteiger partial charge in [0.05, 0.1) is 6.54 Å². The second-order valence-corrected chi connectivity index (χ2v) is 7.77. The van der Waals surface area contributed by atoms with E-state index in [9.17, 15) is 9.59 Å². The fraction of sp³-hybridized carbons (Fsp3) is 0.550. The minimum Gasteiger partial charge on any atom is -0.352 e. The molecule has 0 aliphatic carbocycles. The second-order valence-electron chi connectivity index (χ2n) is 7.77. The van der Waals surface area contributed by atoms with E-state index in [0.717, 1.165) is 24.1 Å². The number of amides is 2. The molecule has 0 radical (unpaired) electrons. The maximum atomic E-state index is 11.9. The Kier molecular flexibility index (Phi) is 7.21. The van der Waals surface area contributed by atoms with E-state index in [1.54, 1.807) is 7.05 Å². The summed E-state index contributed by atoms with van der Waals surface area (Å²) in [5.41, 5.74) is 1.97. The number of hydrogen-bond donors (Lipinski definition) is 3. The zero-order valence-corrected chi connectivity index (χ0v) is 16.8. The van der Waals surface area contributed by atoms with E-state index in [-0.39, 0.29) is 23.9 Å². The Morgan fingerprint density at radius 3 is 2.48 bits per heavy atom. The van der Waals surface area contributed by atoms with Gasteiger partial charge in [-0.1, -0.05) is 24.3 Å². The first kappa shape index (κ1) is 20.7. The first-order chi connectivity index (χ1) is 12.8. The highest BCUT2D eigenvalue weighted by atomic mass is 16.2. The Hall–Kier alpha value is -2.57. The van der Waals surface area contributed by atoms with Crippen molar-refractivity contribution in [1.29, 1.82) is 0 Å². The van der Waals surface area contributed by atoms with Crippen LogP contribution in [-0.2, 0) is 22.7 Å². The molecule has 1 aromatic carbocycles. The summed E-state index contributed by atoms with van der Waals surface area (Å²) < 4.78 is 0. The molecule has 0 spiro atoms. The van der Waals surface area contributed by atoms with Crippen LogP contribution in [0, 0.1) is 0 Å². The van der Waals surface area contributed by atoms with Crippen molar-refractivity contribution < 1.29 is 9.59 Å². The van der Waals surface area contributed by atoms with Crippen LogP contribution in [-0.4, -0.2) is 48.3 Å². The lowest BCUT2D eigenvalue weighted by molar-refractivity contribution is -0.128. The van der Waals surface area contributed by atoms with Crippen molar-refractivity contribution >= 4 is 17.8 Å². The van der Waals surface area contributed by atoms with E-state index in [4.69, 9.17) is 0 Å². The predicted molar refractivity (Wildman–Crippen MR) is 107 cm³/mol. The summed E-state index contributed by atoms with van der Waals surface area (Å²) in [7, 11) is 1.67. The Balaban J connectivity index is 1.89. The minimum absolute atomic E-state index is 0.0848. The molecule has 2 amide bonds. The number of nitrogens with zero attached hydrogens (tertiary/aromatic N) is 2. The van der Waals surface area contributed by atoms with Crippen molar-refractivity contribution in [3.05, 3.63) is 35.4 Å². The molecule has 0 unspecified atom stereocenters. The molecule has 1 aliphatic rings. The molecule has 27 heavy (non-hydrogen) atoms. The van der Waals surface area contributed by atoms with Gasteiger partial charge in [0.25, 0.3) is 0 Å². The first-order valence-corrected chi connectivity index (χ1v) is 9.38. The van der Waals surface area contributed by atoms with Crippen molar-refractivity contribution in [2.24, 2.45) is 4.99 Å². The van der Waals surface area contributed by atoms with Gasteiger partial charge in [0.2, 0.25) is 11.8 Å². The van der Waals surface area contributed by atoms with Crippen LogP contribution < -0.4 is 16.0 Å². The topological polar surface area (TPSA) is 85.8 Å². The van der Waals surface area contributed by atoms with E-state index < -0.39 is 0 Å². The smallest absolute Gasteiger partial charge is 0.239 e. The van der Waals surface area contributed by atoms with Crippen molar-refractivity contribution in [3.8, 4) is 0 Å². The van der Waals surface area contributed by atoms with Gasteiger partial charge in [-0.05, 0) is 38.3 Å². The number of carbonyl (C=O) groups is 2. The lowest BCUT2D eigenvalue weighted by atomic mass is 10.1. The summed E-state index contributed by atoms with van der Waals surface area (Å²) >= 11 is 0. The lowest BCUT2D eigenvalue weighted by Crippen LogP contribution is -2.48. The summed E-state index contributed by atoms with van der Waals surface area (Å²) in [5, 5.41) is 9.16. The molecule has 1 aliphatic heterocycles. The lowest BCUT2D eigenvalue weighted by Gasteiger charge is -2.21. The van der Waals surface area contributed by atoms with Crippen LogP contribution in [0.2, 0.25) is 0 Å². The third-order valence-corrected chi connectivity index (χ3v) is 4.25. The third kappa shape index (κ3) is 6.92. The molecule has 3 N–H and O–H groups in total. The summed E-state index contributed by atoms with van der Waals surface area (Å²) in [5.74, 6) is 0.699. The van der Waals surface area contributed by atoms with Crippen LogP contribution in [0.25, 0.3) is 0 Å². The van der Waals surface area contributed by atoms with Gasteiger partial charge in [-0.3, -0.25) is 14.6 Å². The molecular weight excluding hydrogens is 342 g/mol. The molecule has 2 rings (SSSR count). The number of rotatable bonds is 6. The van der Waals surface area contributed by atoms with Gasteiger partial charge >= 0.3 is 0 Å². The third-order valence-electron chi connectivity index (χ3n) is 4.25. The van der Waals surface area contributed by atoms with Crippen LogP contribution in [0.1, 0.15) is 44.7 Å². The Morgan fingerprint density at radius 1 is 1.19 bits per heavy atom. The van der Waals surface area contributed by atoms with Crippen LogP contribution in [0.15, 0.2) is 29.3 Å². The van der Waals surface area contributed by atoms with Gasteiger partial charge in [0.15, 0.2) is 5.96 Å². The molecule has 0 saturated carbocycles. The average molecular weight is 374 g/mol. The molecule has 1 saturated heterocycles. The predicted octanol–water partition coefficient (Wildman–Crippen LogP) is 1.39. The monoisotopic (exact) mass is 373 g/mol. The Bertz CT molecular complexity index is 694. The molecule has 1 heterocycles. The van der Waals surface area contributed by atoms with Gasteiger partial charge in [0.1, 0.15) is 0 Å². The molecule has 7 nitrogen and oxygen atoms in total. The number of nitrogens with one attached hydrogen (secondary N) is 3. The Morgan fingerprint density at radius 2 is 1.89 bits per heavy atom. The number of hydrogen-bond acceptors (Lipinski definition) is 3. The highest BCUT2D eigenvalue weighted by molar-refractivity contribution is 5.86. The quantitative estimate of drug-likeness (QED) is 0.520. The summed E-state index contributed by atoms with van der Waals surface area (Å²) in [6, 6.07) is 8.07. The zero-order valence-electron chi connectivity index (χ0n) is 16.8. The second kappa shape index (κ2) is 9.39. The van der Waals surface area contributed by atoms with Crippen molar-refractivity contribution in [3.63, 3.8) is 0 Å². The zero-order chi connectivity index (χ0) is 19.9. The molecular formula is C20H31N5O2. The van der Waals surface area contributed by atoms with Crippen LogP contribution in [0.4, 0.5) is 0 Å². The van der Waals surface area contributed by atoms with Crippen LogP contribution >= 0.6 is 0 Å². The van der Waals surface area contributed by atoms with Gasteiger partial charge in [0, 0.05) is 38.6 Å². The summed E-state index contributed by atoms with van der Waals surface area (Å²) in [6.07, 6.45) is 1.58. The normalized spacial score (nSPS) is 15.0. The number of aliphatic imine (C=N–C) groups is 1. The highest BCUT2D eigenvalue weighted by Crippen LogP contribution is 2.17. The van der Waals surface area contributed by atoms with Gasteiger partial charge < -0.3 is 20.9 Å². The SMILES string of the molecule is CN=C(NCC(=O)NC(C)(C)C)NCc1ccccc1CN1CCCC1=O. The fourth-order valence-electron chi connectivity index (χ4n) is 2.99. The van der Waals surface area contributed by atoms with E-state index in [0.29, 0.717) is 25.5 Å². The minimum atomic E-state index is -0.262. The average Bonchev–Trinajstić information content (AvgIpc) is 2.99. The highest BCUT2D eigenvalue weighted by Gasteiger charge is 2.21. The van der Waals surface area contributed by atoms with E-state index in [1.165, 1.54) is 0 Å². The molecule has 0 bridgehead atoms. The van der Waals surface area contributed by atoms with Gasteiger partial charge in [-0.2, -0.15) is 0 Å². The molecule has 7 heteroatoms. The maximum absolute atomic E-state index is 11.9. The van der Waals surface area contributed by atoms with Gasteiger partial charge in [-0.15, -0.1) is 0 Å². The Labute approximate surface area is 161 Å². The summed E-state index contributed by atoms with van der Waals surface area (Å²) in [4.78, 5) is 29.9. The fourth-order valence-corrected chi connectivity index (χ4v) is 2.99. The standard InChI is InChI=1S/C20H31N5O2/c1-20(2,3)24-17(26)13-23-19(21-4)22-12-15-8-5-6-9-16(15)14-25-11-7-10-18(25)27/h5-6,8-9H,7,10-14H2,1-4H3,(H,24,26)(H2,21,22,23). The number of carbonyl (C=O) groups excluding carboxylic acids is 2. The molecule has 0 aromatic heterocycles. The van der Waals surface area contributed by atoms with Crippen molar-refractivity contribution in [1.82, 2.24) is 20.9 Å². The number of guanidine groups is 1. The molecule has 1 aromatic rings. The van der Waals surface area contributed by atoms with Crippen molar-refractivity contribution in [2.45, 2.75) is 52.2 Å². The van der Waals surface area contributed by atoms with Gasteiger partial charge in [-0.25, -0.2) is 0 Å². The molecule has 1 fully saturated rings. The first-order valence-electron chi connectivity index (χ1n) is 9.38. The van der Waals surface area contributed by atoms with E-state index >= 15 is 0 Å². The maximum Gasteiger partial charge on any atom is 0.239 e. The summed E-state index contributed by atoms with van der Waals surface area (Å²) in [6.45, 7) is 8.02. The molecule has 0 atom stereocenters. The van der Waals surface area contributed by atoms with E-state index in [2.05, 4.69) is 27.0 Å². The van der Waals surface area contributed by atoms with Crippen molar-refractivity contribution in [2.75, 3.05) is 20.1 Å². The number of benzene rings is 1. The number of likely N-dealkylation sites (tertiary alicyclic amines) is 1. The van der Waals surface area contributed by atoms with Crippen LogP contribution in [0.3, 0.4) is 0 Å². The molecule has 148 valence electrons. The van der Waals surface area contributed by atoms with Crippen LogP contribution in [0.5, 0.6) is 0 Å². The van der Waals surface area contributed by atoms with E-state index in [1.807, 2.05) is 43.9 Å².